The second kappa shape index (κ2) is 4.16. The summed E-state index contributed by atoms with van der Waals surface area (Å²) in [6.07, 6.45) is 0.896. The number of carbonyl (C=O) groups is 1. The highest BCUT2D eigenvalue weighted by Crippen LogP contribution is 2.31. The Morgan fingerprint density at radius 3 is 2.93 bits per heavy atom. The lowest BCUT2D eigenvalue weighted by atomic mass is 10.1. The summed E-state index contributed by atoms with van der Waals surface area (Å²) >= 11 is 9.65. The maximum atomic E-state index is 10.9. The van der Waals surface area contributed by atoms with Crippen LogP contribution >= 0.6 is 45.5 Å². The van der Waals surface area contributed by atoms with Crippen LogP contribution in [0.4, 0.5) is 0 Å². The molecule has 0 atom stereocenters. The molecule has 1 aromatic heterocycles. The third-order valence-corrected chi connectivity index (χ3v) is 3.91. The number of thiophene rings is 1. The molecule has 0 unspecified atom stereocenters. The smallest absolute Gasteiger partial charge is 0.150 e. The molecule has 4 heteroatoms. The highest BCUT2D eigenvalue weighted by atomic mass is 127. The third kappa shape index (κ3) is 1.68. The van der Waals surface area contributed by atoms with E-state index in [-0.39, 0.29) is 0 Å². The average molecular weight is 337 g/mol. The van der Waals surface area contributed by atoms with Crippen molar-refractivity contribution < 1.29 is 4.79 Å². The molecule has 0 bridgehead atoms. The van der Waals surface area contributed by atoms with Gasteiger partial charge in [-0.1, -0.05) is 0 Å². The first-order valence-electron chi connectivity index (χ1n) is 3.97. The second-order valence-corrected chi connectivity index (χ2v) is 5.30. The van der Waals surface area contributed by atoms with E-state index in [0.29, 0.717) is 5.88 Å². The van der Waals surface area contributed by atoms with Gasteiger partial charge in [-0.05, 0) is 45.7 Å². The van der Waals surface area contributed by atoms with Crippen LogP contribution in [-0.2, 0) is 5.88 Å². The van der Waals surface area contributed by atoms with Gasteiger partial charge in [0.05, 0.1) is 0 Å². The van der Waals surface area contributed by atoms with Crippen molar-refractivity contribution >= 4 is 61.9 Å². The molecule has 14 heavy (non-hydrogen) atoms. The first kappa shape index (κ1) is 10.4. The van der Waals surface area contributed by atoms with Crippen LogP contribution in [0, 0.1) is 3.57 Å². The van der Waals surface area contributed by atoms with Crippen LogP contribution in [-0.4, -0.2) is 6.29 Å². The molecule has 2 aromatic rings. The van der Waals surface area contributed by atoms with Crippen LogP contribution in [0.1, 0.15) is 15.9 Å². The summed E-state index contributed by atoms with van der Waals surface area (Å²) < 4.78 is 2.22. The maximum Gasteiger partial charge on any atom is 0.150 e. The van der Waals surface area contributed by atoms with Crippen molar-refractivity contribution in [1.29, 1.82) is 0 Å². The summed E-state index contributed by atoms with van der Waals surface area (Å²) in [5.74, 6) is 0.460. The average Bonchev–Trinajstić information content (AvgIpc) is 2.59. The fourth-order valence-electron chi connectivity index (χ4n) is 1.42. The van der Waals surface area contributed by atoms with Crippen LogP contribution in [0.2, 0.25) is 0 Å². The molecule has 0 amide bonds. The second-order valence-electron chi connectivity index (χ2n) is 2.88. The van der Waals surface area contributed by atoms with Crippen LogP contribution in [0.25, 0.3) is 10.1 Å². The van der Waals surface area contributed by atoms with Gasteiger partial charge < -0.3 is 0 Å². The molecule has 0 radical (unpaired) electrons. The van der Waals surface area contributed by atoms with Gasteiger partial charge in [-0.2, -0.15) is 0 Å². The van der Waals surface area contributed by atoms with Crippen LogP contribution in [0.3, 0.4) is 0 Å². The highest BCUT2D eigenvalue weighted by Gasteiger charge is 2.08. The van der Waals surface area contributed by atoms with Gasteiger partial charge in [0.1, 0.15) is 0 Å². The molecule has 1 nitrogen and oxygen atoms in total. The fourth-order valence-corrected chi connectivity index (χ4v) is 3.62. The molecule has 1 heterocycles. The van der Waals surface area contributed by atoms with E-state index in [1.54, 1.807) is 11.3 Å². The molecule has 0 saturated carbocycles. The van der Waals surface area contributed by atoms with Crippen LogP contribution in [0.5, 0.6) is 0 Å². The number of aldehydes is 1. The normalized spacial score (nSPS) is 10.7. The van der Waals surface area contributed by atoms with E-state index in [1.165, 1.54) is 0 Å². The molecule has 2 rings (SSSR count). The summed E-state index contributed by atoms with van der Waals surface area (Å²) in [7, 11) is 0. The number of halogens is 2. The standard InChI is InChI=1S/C10H6ClIOS/c11-3-7-5-14-9-2-8(12)1-6(4-13)10(7)9/h1-2,4-5H,3H2. The van der Waals surface area contributed by atoms with Crippen molar-refractivity contribution in [3.05, 3.63) is 32.2 Å². The minimum absolute atomic E-state index is 0.460. The molecule has 0 fully saturated rings. The zero-order valence-corrected chi connectivity index (χ0v) is 10.8. The molecule has 0 saturated heterocycles. The summed E-state index contributed by atoms with van der Waals surface area (Å²) in [5.41, 5.74) is 1.79. The Bertz CT molecular complexity index is 492. The lowest BCUT2D eigenvalue weighted by Crippen LogP contribution is -1.85. The molecular weight excluding hydrogens is 331 g/mol. The molecule has 72 valence electrons. The number of benzene rings is 1. The Morgan fingerprint density at radius 2 is 2.29 bits per heavy atom. The predicted octanol–water partition coefficient (Wildman–Crippen LogP) is 4.06. The van der Waals surface area contributed by atoms with E-state index in [0.717, 1.165) is 31.1 Å². The topological polar surface area (TPSA) is 17.1 Å². The van der Waals surface area contributed by atoms with Gasteiger partial charge in [0, 0.05) is 25.1 Å². The summed E-state index contributed by atoms with van der Waals surface area (Å²) in [6, 6.07) is 3.96. The fraction of sp³-hybridized carbons (Fsp3) is 0.100. The molecule has 0 aliphatic rings. The van der Waals surface area contributed by atoms with Crippen molar-refractivity contribution in [2.24, 2.45) is 0 Å². The Hall–Kier alpha value is -0.130. The zero-order valence-electron chi connectivity index (χ0n) is 7.09. The first-order valence-corrected chi connectivity index (χ1v) is 6.46. The number of alkyl halides is 1. The summed E-state index contributed by atoms with van der Waals surface area (Å²) in [6.45, 7) is 0. The summed E-state index contributed by atoms with van der Waals surface area (Å²) in [5, 5.41) is 3.03. The Balaban J connectivity index is 2.85. The van der Waals surface area contributed by atoms with E-state index in [2.05, 4.69) is 28.7 Å². The number of rotatable bonds is 2. The predicted molar refractivity (Wildman–Crippen MR) is 69.5 cm³/mol. The first-order chi connectivity index (χ1) is 6.76. The van der Waals surface area contributed by atoms with E-state index in [9.17, 15) is 4.79 Å². The van der Waals surface area contributed by atoms with Crippen molar-refractivity contribution in [3.8, 4) is 0 Å². The number of carbonyl (C=O) groups excluding carboxylic acids is 1. The van der Waals surface area contributed by atoms with Crippen molar-refractivity contribution in [3.63, 3.8) is 0 Å². The van der Waals surface area contributed by atoms with Gasteiger partial charge >= 0.3 is 0 Å². The van der Waals surface area contributed by atoms with Gasteiger partial charge in [-0.25, -0.2) is 0 Å². The molecule has 0 spiro atoms. The number of hydrogen-bond donors (Lipinski definition) is 0. The molecule has 0 aliphatic heterocycles. The quantitative estimate of drug-likeness (QED) is 0.459. The largest absolute Gasteiger partial charge is 0.298 e. The highest BCUT2D eigenvalue weighted by molar-refractivity contribution is 14.1. The molecule has 1 aromatic carbocycles. The SMILES string of the molecule is O=Cc1cc(I)cc2scc(CCl)c12. The number of fused-ring (bicyclic) bond motifs is 1. The Kier molecular flexibility index (Phi) is 3.09. The number of hydrogen-bond acceptors (Lipinski definition) is 2. The lowest BCUT2D eigenvalue weighted by Gasteiger charge is -1.99. The Labute approximate surface area is 104 Å². The van der Waals surface area contributed by atoms with Crippen molar-refractivity contribution in [2.75, 3.05) is 0 Å². The van der Waals surface area contributed by atoms with E-state index in [1.807, 2.05) is 11.4 Å². The van der Waals surface area contributed by atoms with Gasteiger partial charge in [0.15, 0.2) is 6.29 Å². The Morgan fingerprint density at radius 1 is 1.50 bits per heavy atom. The molecule has 0 N–H and O–H groups in total. The van der Waals surface area contributed by atoms with E-state index in [4.69, 9.17) is 11.6 Å². The zero-order chi connectivity index (χ0) is 10.1. The molecular formula is C10H6ClIOS. The van der Waals surface area contributed by atoms with Crippen LogP contribution in [0.15, 0.2) is 17.5 Å². The van der Waals surface area contributed by atoms with E-state index < -0.39 is 0 Å². The molecule has 0 aliphatic carbocycles. The van der Waals surface area contributed by atoms with E-state index >= 15 is 0 Å². The van der Waals surface area contributed by atoms with Crippen molar-refractivity contribution in [1.82, 2.24) is 0 Å². The van der Waals surface area contributed by atoms with Gasteiger partial charge in [0.2, 0.25) is 0 Å². The summed E-state index contributed by atoms with van der Waals surface area (Å²) in [4.78, 5) is 10.9. The minimum Gasteiger partial charge on any atom is -0.298 e. The lowest BCUT2D eigenvalue weighted by molar-refractivity contribution is 0.112. The third-order valence-electron chi connectivity index (χ3n) is 2.02. The maximum absolute atomic E-state index is 10.9. The van der Waals surface area contributed by atoms with Gasteiger partial charge in [-0.15, -0.1) is 22.9 Å². The van der Waals surface area contributed by atoms with Gasteiger partial charge in [0.25, 0.3) is 0 Å². The van der Waals surface area contributed by atoms with Crippen molar-refractivity contribution in [2.45, 2.75) is 5.88 Å². The minimum atomic E-state index is 0.460. The van der Waals surface area contributed by atoms with Gasteiger partial charge in [-0.3, -0.25) is 4.79 Å². The van der Waals surface area contributed by atoms with Crippen LogP contribution < -0.4 is 0 Å². The monoisotopic (exact) mass is 336 g/mol.